The highest BCUT2D eigenvalue weighted by Gasteiger charge is 2.54. The molecule has 0 aliphatic carbocycles. The van der Waals surface area contributed by atoms with Crippen LogP contribution in [0.4, 0.5) is 5.69 Å². The van der Waals surface area contributed by atoms with E-state index in [4.69, 9.17) is 0 Å². The number of hydrogen-bond acceptors (Lipinski definition) is 3. The molecule has 6 rings (SSSR count). The summed E-state index contributed by atoms with van der Waals surface area (Å²) in [5.41, 5.74) is 5.34. The maximum absolute atomic E-state index is 3.91. The third-order valence-corrected chi connectivity index (χ3v) is 9.38. The van der Waals surface area contributed by atoms with Crippen molar-refractivity contribution in [3.05, 3.63) is 126 Å². The van der Waals surface area contributed by atoms with Crippen molar-refractivity contribution in [1.29, 1.82) is 0 Å². The van der Waals surface area contributed by atoms with Crippen LogP contribution in [0.5, 0.6) is 0 Å². The summed E-state index contributed by atoms with van der Waals surface area (Å²) in [6, 6.07) is 39.9. The first-order valence-electron chi connectivity index (χ1n) is 10.3. The zero-order valence-electron chi connectivity index (χ0n) is 16.4. The van der Waals surface area contributed by atoms with Gasteiger partial charge in [0.15, 0.2) is 0 Å². The van der Waals surface area contributed by atoms with E-state index in [2.05, 4.69) is 115 Å². The number of fused-ring (bicyclic) bond motifs is 3. The monoisotopic (exact) mass is 423 g/mol. The Kier molecular flexibility index (Phi) is 4.40. The fourth-order valence-corrected chi connectivity index (χ4v) is 8.38. The van der Waals surface area contributed by atoms with E-state index in [1.165, 1.54) is 32.2 Å². The second kappa shape index (κ2) is 7.26. The first kappa shape index (κ1) is 18.2. The van der Waals surface area contributed by atoms with Crippen LogP contribution in [0.3, 0.4) is 0 Å². The predicted molar refractivity (Wildman–Crippen MR) is 128 cm³/mol. The summed E-state index contributed by atoms with van der Waals surface area (Å²) in [5, 5.41) is 3.91. The normalized spacial score (nSPS) is 20.9. The first-order valence-corrected chi connectivity index (χ1v) is 11.9. The standard InChI is InChI=1S/C27H21NS2/c1-3-11-19(12-4-1)25-26(20-13-5-2-6-14-20)28-22-16-8-7-15-21(22)27(25)29-23-17-9-10-18-24(23)30-27/h1-18,25-26,28H. The molecule has 2 unspecified atom stereocenters. The molecule has 0 radical (unpaired) electrons. The van der Waals surface area contributed by atoms with E-state index < -0.39 is 0 Å². The average Bonchev–Trinajstić information content (AvgIpc) is 3.19. The molecule has 0 saturated heterocycles. The maximum atomic E-state index is 3.91. The first-order chi connectivity index (χ1) is 14.9. The Labute approximate surface area is 185 Å². The molecular weight excluding hydrogens is 402 g/mol. The molecule has 4 aromatic rings. The van der Waals surface area contributed by atoms with Gasteiger partial charge in [-0.25, -0.2) is 0 Å². The van der Waals surface area contributed by atoms with Gasteiger partial charge in [-0.05, 0) is 29.3 Å². The molecule has 1 spiro atoms. The molecule has 0 amide bonds. The van der Waals surface area contributed by atoms with Gasteiger partial charge >= 0.3 is 0 Å². The van der Waals surface area contributed by atoms with Crippen LogP contribution in [0.25, 0.3) is 0 Å². The number of para-hydroxylation sites is 1. The maximum Gasteiger partial charge on any atom is 0.106 e. The van der Waals surface area contributed by atoms with Crippen molar-refractivity contribution in [2.75, 3.05) is 5.32 Å². The summed E-state index contributed by atoms with van der Waals surface area (Å²) >= 11 is 4.05. The number of nitrogens with one attached hydrogen (secondary N) is 1. The van der Waals surface area contributed by atoms with Crippen LogP contribution < -0.4 is 5.32 Å². The molecule has 1 N–H and O–H groups in total. The van der Waals surface area contributed by atoms with Crippen molar-refractivity contribution in [3.8, 4) is 0 Å². The predicted octanol–water partition coefficient (Wildman–Crippen LogP) is 7.69. The van der Waals surface area contributed by atoms with Crippen molar-refractivity contribution in [3.63, 3.8) is 0 Å². The minimum Gasteiger partial charge on any atom is -0.377 e. The fourth-order valence-electron chi connectivity index (χ4n) is 4.76. The summed E-state index contributed by atoms with van der Waals surface area (Å²) in [4.78, 5) is 2.76. The number of thioether (sulfide) groups is 2. The summed E-state index contributed by atoms with van der Waals surface area (Å²) < 4.78 is -0.118. The molecule has 146 valence electrons. The zero-order valence-corrected chi connectivity index (χ0v) is 18.0. The van der Waals surface area contributed by atoms with E-state index in [0.717, 1.165) is 0 Å². The molecule has 2 aliphatic heterocycles. The molecular formula is C27H21NS2. The van der Waals surface area contributed by atoms with Crippen LogP contribution >= 0.6 is 23.5 Å². The molecule has 0 bridgehead atoms. The number of hydrogen-bond donors (Lipinski definition) is 1. The van der Waals surface area contributed by atoms with E-state index >= 15 is 0 Å². The molecule has 2 atom stereocenters. The molecule has 30 heavy (non-hydrogen) atoms. The van der Waals surface area contributed by atoms with Crippen molar-refractivity contribution in [2.24, 2.45) is 0 Å². The Morgan fingerprint density at radius 2 is 1.10 bits per heavy atom. The van der Waals surface area contributed by atoms with E-state index in [-0.39, 0.29) is 16.0 Å². The van der Waals surface area contributed by atoms with Crippen molar-refractivity contribution >= 4 is 29.2 Å². The summed E-state index contributed by atoms with van der Waals surface area (Å²) in [5.74, 6) is 0.276. The van der Waals surface area contributed by atoms with Gasteiger partial charge in [0.05, 0.1) is 6.04 Å². The largest absolute Gasteiger partial charge is 0.377 e. The lowest BCUT2D eigenvalue weighted by Gasteiger charge is -2.47. The third kappa shape index (κ3) is 2.80. The average molecular weight is 424 g/mol. The van der Waals surface area contributed by atoms with Crippen LogP contribution in [0, 0.1) is 0 Å². The van der Waals surface area contributed by atoms with Gasteiger partial charge in [0.2, 0.25) is 0 Å². The molecule has 1 nitrogen and oxygen atoms in total. The fraction of sp³-hybridized carbons (Fsp3) is 0.111. The lowest BCUT2D eigenvalue weighted by atomic mass is 9.78. The van der Waals surface area contributed by atoms with Gasteiger partial charge in [0.25, 0.3) is 0 Å². The van der Waals surface area contributed by atoms with E-state index in [9.17, 15) is 0 Å². The molecule has 0 aromatic heterocycles. The highest BCUT2D eigenvalue weighted by atomic mass is 32.2. The van der Waals surface area contributed by atoms with Gasteiger partial charge in [0, 0.05) is 27.0 Å². The van der Waals surface area contributed by atoms with Gasteiger partial charge in [-0.2, -0.15) is 0 Å². The molecule has 0 saturated carbocycles. The Bertz CT molecular complexity index is 1160. The highest BCUT2D eigenvalue weighted by Crippen LogP contribution is 2.71. The molecule has 2 heterocycles. The second-order valence-electron chi connectivity index (χ2n) is 7.78. The minimum absolute atomic E-state index is 0.118. The number of rotatable bonds is 2. The van der Waals surface area contributed by atoms with E-state index in [0.29, 0.717) is 0 Å². The Hall–Kier alpha value is -2.62. The molecule has 0 fully saturated rings. The SMILES string of the molecule is c1ccc(C2Nc3ccccc3C3(Sc4ccccc4S3)C2c2ccccc2)cc1. The second-order valence-corrected chi connectivity index (χ2v) is 10.6. The Morgan fingerprint density at radius 3 is 1.77 bits per heavy atom. The van der Waals surface area contributed by atoms with Crippen LogP contribution in [0.15, 0.2) is 119 Å². The van der Waals surface area contributed by atoms with Crippen LogP contribution in [0.1, 0.15) is 28.7 Å². The highest BCUT2D eigenvalue weighted by molar-refractivity contribution is 8.20. The van der Waals surface area contributed by atoms with Gasteiger partial charge < -0.3 is 5.32 Å². The third-order valence-electron chi connectivity index (χ3n) is 6.05. The zero-order chi connectivity index (χ0) is 20.0. The quantitative estimate of drug-likeness (QED) is 0.355. The van der Waals surface area contributed by atoms with Crippen LogP contribution in [-0.2, 0) is 4.08 Å². The Balaban J connectivity index is 1.62. The molecule has 3 heteroatoms. The van der Waals surface area contributed by atoms with Gasteiger partial charge in [0.1, 0.15) is 4.08 Å². The number of anilines is 1. The van der Waals surface area contributed by atoms with Gasteiger partial charge in [-0.1, -0.05) is 91.0 Å². The lowest BCUT2D eigenvalue weighted by Crippen LogP contribution is -2.38. The van der Waals surface area contributed by atoms with Crippen LogP contribution in [-0.4, -0.2) is 0 Å². The van der Waals surface area contributed by atoms with Gasteiger partial charge in [-0.15, -0.1) is 23.5 Å². The summed E-state index contributed by atoms with van der Waals surface area (Å²) in [6.45, 7) is 0. The Morgan fingerprint density at radius 1 is 0.567 bits per heavy atom. The van der Waals surface area contributed by atoms with E-state index in [1.54, 1.807) is 0 Å². The topological polar surface area (TPSA) is 12.0 Å². The summed E-state index contributed by atoms with van der Waals surface area (Å²) in [7, 11) is 0. The van der Waals surface area contributed by atoms with Crippen LogP contribution in [0.2, 0.25) is 0 Å². The molecule has 2 aliphatic rings. The molecule has 4 aromatic carbocycles. The van der Waals surface area contributed by atoms with Crippen molar-refractivity contribution < 1.29 is 0 Å². The lowest BCUT2D eigenvalue weighted by molar-refractivity contribution is 0.528. The van der Waals surface area contributed by atoms with Crippen molar-refractivity contribution in [1.82, 2.24) is 0 Å². The smallest absolute Gasteiger partial charge is 0.106 e. The minimum atomic E-state index is -0.118. The number of benzene rings is 4. The van der Waals surface area contributed by atoms with Gasteiger partial charge in [-0.3, -0.25) is 0 Å². The summed E-state index contributed by atoms with van der Waals surface area (Å²) in [6.07, 6.45) is 0. The van der Waals surface area contributed by atoms with Crippen molar-refractivity contribution in [2.45, 2.75) is 25.8 Å². The van der Waals surface area contributed by atoms with E-state index in [1.807, 2.05) is 23.5 Å².